The van der Waals surface area contributed by atoms with Crippen LogP contribution in [-0.2, 0) is 10.2 Å². The molecule has 0 spiro atoms. The van der Waals surface area contributed by atoms with Crippen LogP contribution in [0.1, 0.15) is 43.7 Å². The van der Waals surface area contributed by atoms with Crippen LogP contribution in [0, 0.1) is 17.5 Å². The van der Waals surface area contributed by atoms with E-state index in [1.165, 1.54) is 4.68 Å². The molecule has 192 valence electrons. The van der Waals surface area contributed by atoms with Crippen molar-refractivity contribution in [3.05, 3.63) is 83.3 Å². The number of rotatable bonds is 5. The zero-order valence-electron chi connectivity index (χ0n) is 20.7. The van der Waals surface area contributed by atoms with E-state index in [4.69, 9.17) is 4.74 Å². The van der Waals surface area contributed by atoms with Gasteiger partial charge in [-0.3, -0.25) is 5.32 Å². The van der Waals surface area contributed by atoms with E-state index in [0.717, 1.165) is 11.5 Å². The molecule has 0 aliphatic carbocycles. The van der Waals surface area contributed by atoms with Gasteiger partial charge in [0.2, 0.25) is 0 Å². The largest absolute Gasteiger partial charge is 0.462 e. The lowest BCUT2D eigenvalue weighted by atomic mass is 9.92. The summed E-state index contributed by atoms with van der Waals surface area (Å²) >= 11 is 0. The fourth-order valence-corrected chi connectivity index (χ4v) is 3.72. The molecule has 3 aromatic carbocycles. The third kappa shape index (κ3) is 5.28. The molecule has 0 saturated carbocycles. The first-order chi connectivity index (χ1) is 17.5. The van der Waals surface area contributed by atoms with Crippen LogP contribution in [0.2, 0.25) is 0 Å². The van der Waals surface area contributed by atoms with Crippen molar-refractivity contribution in [1.82, 2.24) is 9.78 Å². The van der Waals surface area contributed by atoms with Crippen molar-refractivity contribution in [3.8, 4) is 5.69 Å². The van der Waals surface area contributed by atoms with E-state index in [1.54, 1.807) is 31.2 Å². The van der Waals surface area contributed by atoms with Gasteiger partial charge >= 0.3 is 12.0 Å². The predicted molar refractivity (Wildman–Crippen MR) is 135 cm³/mol. The number of esters is 1. The van der Waals surface area contributed by atoms with Gasteiger partial charge in [0.05, 0.1) is 29.2 Å². The molecule has 0 bridgehead atoms. The lowest BCUT2D eigenvalue weighted by Crippen LogP contribution is -2.22. The van der Waals surface area contributed by atoms with Crippen molar-refractivity contribution in [1.29, 1.82) is 0 Å². The number of halogens is 3. The van der Waals surface area contributed by atoms with E-state index in [2.05, 4.69) is 15.7 Å². The van der Waals surface area contributed by atoms with E-state index in [1.807, 2.05) is 39.0 Å². The van der Waals surface area contributed by atoms with Gasteiger partial charge in [-0.25, -0.2) is 27.4 Å². The highest BCUT2D eigenvalue weighted by atomic mass is 19.2. The van der Waals surface area contributed by atoms with Gasteiger partial charge in [-0.15, -0.1) is 0 Å². The summed E-state index contributed by atoms with van der Waals surface area (Å²) in [6, 6.07) is 13.0. The van der Waals surface area contributed by atoms with E-state index in [-0.39, 0.29) is 12.4 Å². The average Bonchev–Trinajstić information content (AvgIpc) is 3.28. The molecule has 0 atom stereocenters. The molecule has 2 amide bonds. The Bertz CT molecular complexity index is 1510. The van der Waals surface area contributed by atoms with Crippen LogP contribution in [-0.4, -0.2) is 28.4 Å². The smallest absolute Gasteiger partial charge is 0.338 e. The number of carbonyl (C=O) groups excluding carboxylic acids is 2. The summed E-state index contributed by atoms with van der Waals surface area (Å²) in [6.07, 6.45) is 0. The fourth-order valence-electron chi connectivity index (χ4n) is 3.72. The number of carbonyl (C=O) groups is 2. The Morgan fingerprint density at radius 2 is 1.70 bits per heavy atom. The van der Waals surface area contributed by atoms with Crippen molar-refractivity contribution >= 4 is 34.3 Å². The SMILES string of the molecule is CCOC(=O)c1cc(-n2nc(C(C)(C)C)cc2NC(=O)Nc2ccc(F)c(F)c2F)cc2ccccc12. The minimum absolute atomic E-state index is 0.195. The number of urea groups is 1. The first kappa shape index (κ1) is 25.7. The molecule has 0 aliphatic rings. The van der Waals surface area contributed by atoms with Crippen molar-refractivity contribution in [2.45, 2.75) is 33.1 Å². The van der Waals surface area contributed by atoms with E-state index >= 15 is 0 Å². The number of hydrogen-bond acceptors (Lipinski definition) is 4. The van der Waals surface area contributed by atoms with Crippen molar-refractivity contribution < 1.29 is 27.5 Å². The Morgan fingerprint density at radius 3 is 2.41 bits per heavy atom. The monoisotopic (exact) mass is 510 g/mol. The van der Waals surface area contributed by atoms with Crippen LogP contribution in [0.4, 0.5) is 29.5 Å². The Balaban J connectivity index is 1.78. The highest BCUT2D eigenvalue weighted by Crippen LogP contribution is 2.30. The summed E-state index contributed by atoms with van der Waals surface area (Å²) in [5.41, 5.74) is 0.459. The molecule has 2 N–H and O–H groups in total. The first-order valence-corrected chi connectivity index (χ1v) is 11.5. The van der Waals surface area contributed by atoms with Gasteiger partial charge in [0.25, 0.3) is 0 Å². The molecule has 37 heavy (non-hydrogen) atoms. The number of ether oxygens (including phenoxy) is 1. The van der Waals surface area contributed by atoms with E-state index < -0.39 is 40.6 Å². The summed E-state index contributed by atoms with van der Waals surface area (Å²) in [7, 11) is 0. The van der Waals surface area contributed by atoms with Crippen LogP contribution >= 0.6 is 0 Å². The Hall–Kier alpha value is -4.34. The van der Waals surface area contributed by atoms with Gasteiger partial charge in [0.15, 0.2) is 17.5 Å². The number of aromatic nitrogens is 2. The molecule has 7 nitrogen and oxygen atoms in total. The van der Waals surface area contributed by atoms with Crippen LogP contribution in [0.15, 0.2) is 54.6 Å². The van der Waals surface area contributed by atoms with Crippen LogP contribution in [0.25, 0.3) is 16.5 Å². The predicted octanol–water partition coefficient (Wildman–Crippen LogP) is 6.56. The van der Waals surface area contributed by atoms with Gasteiger partial charge in [0, 0.05) is 11.5 Å². The Kier molecular flexibility index (Phi) is 6.93. The Labute approximate surface area is 211 Å². The summed E-state index contributed by atoms with van der Waals surface area (Å²) in [5, 5.41) is 10.8. The highest BCUT2D eigenvalue weighted by molar-refractivity contribution is 6.05. The number of fused-ring (bicyclic) bond motifs is 1. The third-order valence-corrected chi connectivity index (χ3v) is 5.59. The van der Waals surface area contributed by atoms with Gasteiger partial charge in [0.1, 0.15) is 5.82 Å². The molecule has 0 fully saturated rings. The third-order valence-electron chi connectivity index (χ3n) is 5.59. The highest BCUT2D eigenvalue weighted by Gasteiger charge is 2.23. The maximum atomic E-state index is 14.1. The quantitative estimate of drug-likeness (QED) is 0.235. The van der Waals surface area contributed by atoms with Crippen molar-refractivity contribution in [2.24, 2.45) is 0 Å². The minimum Gasteiger partial charge on any atom is -0.462 e. The molecule has 0 aliphatic heterocycles. The topological polar surface area (TPSA) is 85.2 Å². The first-order valence-electron chi connectivity index (χ1n) is 11.5. The summed E-state index contributed by atoms with van der Waals surface area (Å²) in [4.78, 5) is 25.5. The van der Waals surface area contributed by atoms with E-state index in [9.17, 15) is 22.8 Å². The molecular weight excluding hydrogens is 485 g/mol. The van der Waals surface area contributed by atoms with Crippen molar-refractivity contribution in [2.75, 3.05) is 17.2 Å². The van der Waals surface area contributed by atoms with Crippen LogP contribution < -0.4 is 10.6 Å². The molecule has 4 aromatic rings. The molecule has 10 heteroatoms. The number of amides is 2. The Morgan fingerprint density at radius 1 is 0.973 bits per heavy atom. The maximum absolute atomic E-state index is 14.1. The van der Waals surface area contributed by atoms with Crippen LogP contribution in [0.5, 0.6) is 0 Å². The van der Waals surface area contributed by atoms with Crippen LogP contribution in [0.3, 0.4) is 0 Å². The van der Waals surface area contributed by atoms with Gasteiger partial charge in [-0.2, -0.15) is 5.10 Å². The van der Waals surface area contributed by atoms with Gasteiger partial charge < -0.3 is 10.1 Å². The summed E-state index contributed by atoms with van der Waals surface area (Å²) in [6.45, 7) is 7.71. The number of benzene rings is 3. The zero-order chi connectivity index (χ0) is 26.9. The second-order valence-electron chi connectivity index (χ2n) is 9.31. The lowest BCUT2D eigenvalue weighted by molar-refractivity contribution is 0.0528. The molecule has 0 saturated heterocycles. The summed E-state index contributed by atoms with van der Waals surface area (Å²) < 4.78 is 47.6. The molecule has 1 heterocycles. The number of anilines is 2. The maximum Gasteiger partial charge on any atom is 0.338 e. The molecule has 0 unspecified atom stereocenters. The minimum atomic E-state index is -1.69. The fraction of sp³-hybridized carbons (Fsp3) is 0.222. The number of nitrogens with zero attached hydrogens (tertiary/aromatic N) is 2. The molecule has 1 aromatic heterocycles. The molecule has 0 radical (unpaired) electrons. The molecular formula is C27H25F3N4O3. The standard InChI is InChI=1S/C27H25F3N4O3/c1-5-37-25(35)18-13-16(12-15-8-6-7-9-17(15)18)34-22(14-21(33-34)27(2,3)4)32-26(36)31-20-11-10-19(28)23(29)24(20)30/h6-14H,5H2,1-4H3,(H2,31,32,36). The lowest BCUT2D eigenvalue weighted by Gasteiger charge is -2.15. The van der Waals surface area contributed by atoms with Gasteiger partial charge in [-0.05, 0) is 42.0 Å². The second-order valence-corrected chi connectivity index (χ2v) is 9.31. The number of nitrogens with one attached hydrogen (secondary N) is 2. The van der Waals surface area contributed by atoms with Crippen molar-refractivity contribution in [3.63, 3.8) is 0 Å². The van der Waals surface area contributed by atoms with E-state index in [0.29, 0.717) is 28.4 Å². The zero-order valence-corrected chi connectivity index (χ0v) is 20.7. The van der Waals surface area contributed by atoms with Gasteiger partial charge in [-0.1, -0.05) is 45.0 Å². The normalized spacial score (nSPS) is 11.4. The second kappa shape index (κ2) is 9.96. The average molecular weight is 511 g/mol. The number of hydrogen-bond donors (Lipinski definition) is 2. The molecule has 4 rings (SSSR count). The summed E-state index contributed by atoms with van der Waals surface area (Å²) in [5.74, 6) is -4.89.